The monoisotopic (exact) mass is 451 g/mol. The van der Waals surface area contributed by atoms with Crippen LogP contribution < -0.4 is 9.64 Å². The summed E-state index contributed by atoms with van der Waals surface area (Å²) in [4.78, 5) is 19.4. The van der Waals surface area contributed by atoms with Crippen LogP contribution in [-0.2, 0) is 20.2 Å². The normalized spacial score (nSPS) is 24.6. The van der Waals surface area contributed by atoms with Crippen LogP contribution in [0.5, 0.6) is 5.75 Å². The second-order valence-corrected chi connectivity index (χ2v) is 9.87. The molecule has 3 aliphatic heterocycles. The fourth-order valence-corrected chi connectivity index (χ4v) is 5.65. The number of hydrogen-bond acceptors (Lipinski definition) is 8. The first-order valence-corrected chi connectivity index (χ1v) is 12.5. The average molecular weight is 452 g/mol. The van der Waals surface area contributed by atoms with Crippen LogP contribution in [0.2, 0.25) is 0 Å². The Kier molecular flexibility index (Phi) is 7.03. The van der Waals surface area contributed by atoms with Crippen LogP contribution in [0.4, 0.5) is 5.69 Å². The summed E-state index contributed by atoms with van der Waals surface area (Å²) in [6.45, 7) is 6.21. The third kappa shape index (κ3) is 5.32. The molecule has 3 heterocycles. The SMILES string of the molecule is COc1ccc(N2CCN(CC[C@@H]3CC4(CCN(C[SH](=O)=O)CC4)C(=O)O3)CC2)cc1. The molecule has 1 aromatic carbocycles. The molecule has 0 unspecified atom stereocenters. The number of benzene rings is 1. The summed E-state index contributed by atoms with van der Waals surface area (Å²) in [6, 6.07) is 8.20. The summed E-state index contributed by atoms with van der Waals surface area (Å²) >= 11 is 0. The van der Waals surface area contributed by atoms with Crippen LogP contribution in [0.25, 0.3) is 0 Å². The topological polar surface area (TPSA) is 79.4 Å². The summed E-state index contributed by atoms with van der Waals surface area (Å²) < 4.78 is 32.9. The van der Waals surface area contributed by atoms with E-state index in [1.165, 1.54) is 5.69 Å². The minimum absolute atomic E-state index is 0.0187. The van der Waals surface area contributed by atoms with Gasteiger partial charge in [-0.1, -0.05) is 0 Å². The molecule has 172 valence electrons. The lowest BCUT2D eigenvalue weighted by molar-refractivity contribution is -0.150. The number of rotatable bonds is 7. The largest absolute Gasteiger partial charge is 0.497 e. The van der Waals surface area contributed by atoms with Gasteiger partial charge < -0.3 is 14.4 Å². The lowest BCUT2D eigenvalue weighted by Crippen LogP contribution is -2.47. The summed E-state index contributed by atoms with van der Waals surface area (Å²) in [6.07, 6.45) is 3.02. The Labute approximate surface area is 186 Å². The van der Waals surface area contributed by atoms with E-state index in [0.29, 0.717) is 25.9 Å². The van der Waals surface area contributed by atoms with Gasteiger partial charge in [-0.3, -0.25) is 14.6 Å². The third-order valence-electron chi connectivity index (χ3n) is 7.03. The standard InChI is InChI=1S/C22H33N3O5S/c1-29-19-4-2-18(3-5-19)25-14-12-23(13-15-25)9-6-20-16-22(21(26)30-20)7-10-24(11-8-22)17-31(27)28/h2-5,20,31H,6-17H2,1H3/t20-/m1/s1. The van der Waals surface area contributed by atoms with Crippen LogP contribution in [0, 0.1) is 5.41 Å². The van der Waals surface area contributed by atoms with E-state index in [1.54, 1.807) is 7.11 Å². The van der Waals surface area contributed by atoms with E-state index in [2.05, 4.69) is 21.9 Å². The van der Waals surface area contributed by atoms with Gasteiger partial charge in [0, 0.05) is 57.9 Å². The zero-order valence-corrected chi connectivity index (χ0v) is 19.1. The molecule has 4 rings (SSSR count). The van der Waals surface area contributed by atoms with Gasteiger partial charge in [0.05, 0.1) is 18.4 Å². The zero-order chi connectivity index (χ0) is 21.8. The first-order valence-electron chi connectivity index (χ1n) is 11.1. The maximum atomic E-state index is 12.6. The van der Waals surface area contributed by atoms with Crippen molar-refractivity contribution in [2.24, 2.45) is 5.41 Å². The molecule has 3 fully saturated rings. The highest BCUT2D eigenvalue weighted by atomic mass is 32.2. The Bertz CT molecular complexity index is 820. The number of piperazine rings is 1. The Morgan fingerprint density at radius 1 is 1.03 bits per heavy atom. The molecule has 9 heteroatoms. The van der Waals surface area contributed by atoms with Gasteiger partial charge >= 0.3 is 5.97 Å². The summed E-state index contributed by atoms with van der Waals surface area (Å²) in [5.74, 6) is 0.887. The lowest BCUT2D eigenvalue weighted by atomic mass is 9.76. The van der Waals surface area contributed by atoms with Crippen molar-refractivity contribution in [2.75, 3.05) is 63.7 Å². The average Bonchev–Trinajstić information content (AvgIpc) is 3.09. The molecule has 1 atom stereocenters. The van der Waals surface area contributed by atoms with E-state index in [1.807, 2.05) is 17.0 Å². The van der Waals surface area contributed by atoms with E-state index in [-0.39, 0.29) is 18.0 Å². The molecule has 0 N–H and O–H groups in total. The van der Waals surface area contributed by atoms with Crippen LogP contribution in [0.1, 0.15) is 25.7 Å². The van der Waals surface area contributed by atoms with Crippen LogP contribution in [0.3, 0.4) is 0 Å². The molecule has 0 bridgehead atoms. The Morgan fingerprint density at radius 2 is 1.71 bits per heavy atom. The Hall–Kier alpha value is -1.84. The first-order chi connectivity index (χ1) is 15.0. The molecule has 0 aliphatic carbocycles. The van der Waals surface area contributed by atoms with Gasteiger partial charge in [-0.25, -0.2) is 8.42 Å². The highest BCUT2D eigenvalue weighted by Crippen LogP contribution is 2.43. The second-order valence-electron chi connectivity index (χ2n) is 8.92. The number of piperidine rings is 1. The lowest BCUT2D eigenvalue weighted by Gasteiger charge is -2.36. The predicted octanol–water partition coefficient (Wildman–Crippen LogP) is 1.17. The minimum atomic E-state index is -2.41. The molecule has 0 aromatic heterocycles. The number of esters is 1. The van der Waals surface area contributed by atoms with Gasteiger partial charge in [0.25, 0.3) is 0 Å². The zero-order valence-electron chi connectivity index (χ0n) is 18.2. The van der Waals surface area contributed by atoms with Crippen molar-refractivity contribution < 1.29 is 22.7 Å². The summed E-state index contributed by atoms with van der Waals surface area (Å²) in [7, 11) is -0.726. The smallest absolute Gasteiger partial charge is 0.312 e. The van der Waals surface area contributed by atoms with Gasteiger partial charge in [-0.15, -0.1) is 0 Å². The van der Waals surface area contributed by atoms with Crippen LogP contribution >= 0.6 is 0 Å². The van der Waals surface area contributed by atoms with Crippen molar-refractivity contribution in [3.8, 4) is 5.75 Å². The van der Waals surface area contributed by atoms with Crippen molar-refractivity contribution >= 4 is 22.4 Å². The Morgan fingerprint density at radius 3 is 2.32 bits per heavy atom. The molecule has 0 saturated carbocycles. The van der Waals surface area contributed by atoms with E-state index < -0.39 is 16.1 Å². The molecule has 3 aliphatic rings. The number of cyclic esters (lactones) is 1. The summed E-state index contributed by atoms with van der Waals surface area (Å²) in [5.41, 5.74) is 0.822. The highest BCUT2D eigenvalue weighted by molar-refractivity contribution is 7.72. The van der Waals surface area contributed by atoms with Gasteiger partial charge in [0.15, 0.2) is 10.7 Å². The van der Waals surface area contributed by atoms with Crippen molar-refractivity contribution in [3.63, 3.8) is 0 Å². The molecular formula is C22H33N3O5S. The number of carbonyl (C=O) groups is 1. The predicted molar refractivity (Wildman–Crippen MR) is 119 cm³/mol. The minimum Gasteiger partial charge on any atom is -0.497 e. The molecule has 1 spiro atoms. The number of thiol groups is 1. The van der Waals surface area contributed by atoms with Gasteiger partial charge in [0.2, 0.25) is 0 Å². The molecular weight excluding hydrogens is 418 g/mol. The third-order valence-corrected chi connectivity index (χ3v) is 7.66. The number of carbonyl (C=O) groups excluding carboxylic acids is 1. The first kappa shape index (κ1) is 22.4. The number of likely N-dealkylation sites (tertiary alicyclic amines) is 1. The maximum Gasteiger partial charge on any atom is 0.312 e. The quantitative estimate of drug-likeness (QED) is 0.489. The van der Waals surface area contributed by atoms with E-state index in [9.17, 15) is 13.2 Å². The van der Waals surface area contributed by atoms with Crippen molar-refractivity contribution in [3.05, 3.63) is 24.3 Å². The van der Waals surface area contributed by atoms with E-state index >= 15 is 0 Å². The molecule has 1 aromatic rings. The molecule has 0 amide bonds. The molecule has 0 radical (unpaired) electrons. The molecule has 8 nitrogen and oxygen atoms in total. The number of hydrogen-bond donors (Lipinski definition) is 1. The van der Waals surface area contributed by atoms with Gasteiger partial charge in [0.1, 0.15) is 11.9 Å². The summed E-state index contributed by atoms with van der Waals surface area (Å²) in [5, 5.41) is 0. The fourth-order valence-electron chi connectivity index (χ4n) is 5.04. The number of methoxy groups -OCH3 is 1. The second kappa shape index (κ2) is 9.75. The van der Waals surface area contributed by atoms with Gasteiger partial charge in [-0.2, -0.15) is 0 Å². The van der Waals surface area contributed by atoms with Crippen molar-refractivity contribution in [2.45, 2.75) is 31.8 Å². The van der Waals surface area contributed by atoms with Crippen molar-refractivity contribution in [1.29, 1.82) is 0 Å². The molecule has 3 saturated heterocycles. The van der Waals surface area contributed by atoms with E-state index in [4.69, 9.17) is 9.47 Å². The number of nitrogens with zero attached hydrogens (tertiary/aromatic N) is 3. The van der Waals surface area contributed by atoms with Crippen molar-refractivity contribution in [1.82, 2.24) is 9.80 Å². The van der Waals surface area contributed by atoms with Crippen LogP contribution in [0.15, 0.2) is 24.3 Å². The Balaban J connectivity index is 1.20. The maximum absolute atomic E-state index is 12.6. The number of anilines is 1. The molecule has 31 heavy (non-hydrogen) atoms. The van der Waals surface area contributed by atoms with Gasteiger partial charge in [-0.05, 0) is 43.5 Å². The van der Waals surface area contributed by atoms with Crippen LogP contribution in [-0.4, -0.2) is 89.1 Å². The van der Waals surface area contributed by atoms with E-state index in [0.717, 1.165) is 51.3 Å². The number of ether oxygens (including phenoxy) is 2. The highest BCUT2D eigenvalue weighted by Gasteiger charge is 2.50. The fraction of sp³-hybridized carbons (Fsp3) is 0.682.